The second-order valence-corrected chi connectivity index (χ2v) is 3.97. The number of rotatable bonds is 11. The highest BCUT2D eigenvalue weighted by Crippen LogP contribution is 2.08. The maximum atomic E-state index is 11.0. The van der Waals surface area contributed by atoms with Gasteiger partial charge < -0.3 is 19.7 Å². The number of aliphatic carboxylic acids is 2. The smallest absolute Gasteiger partial charge is 0.336 e. The van der Waals surface area contributed by atoms with E-state index in [0.717, 1.165) is 12.8 Å². The topological polar surface area (TPSA) is 93.1 Å². The molecule has 0 aliphatic heterocycles. The molecular weight excluding hydrogens is 240 g/mol. The molecule has 0 saturated carbocycles. The van der Waals surface area contributed by atoms with Crippen LogP contribution in [0.25, 0.3) is 0 Å². The van der Waals surface area contributed by atoms with Crippen molar-refractivity contribution in [1.29, 1.82) is 0 Å². The van der Waals surface area contributed by atoms with Crippen molar-refractivity contribution in [2.24, 2.45) is 0 Å². The normalized spacial score (nSPS) is 14.1. The quantitative estimate of drug-likeness (QED) is 0.548. The van der Waals surface area contributed by atoms with E-state index in [1.54, 1.807) is 0 Å². The molecule has 6 heteroatoms. The molecule has 0 aromatic rings. The van der Waals surface area contributed by atoms with Gasteiger partial charge in [0.2, 0.25) is 0 Å². The van der Waals surface area contributed by atoms with Crippen molar-refractivity contribution in [2.45, 2.75) is 51.7 Å². The molecule has 0 radical (unpaired) electrons. The molecule has 18 heavy (non-hydrogen) atoms. The van der Waals surface area contributed by atoms with E-state index in [1.165, 1.54) is 0 Å². The number of carboxylic acids is 2. The van der Waals surface area contributed by atoms with Crippen molar-refractivity contribution >= 4 is 11.9 Å². The van der Waals surface area contributed by atoms with Crippen LogP contribution in [0.3, 0.4) is 0 Å². The van der Waals surface area contributed by atoms with E-state index in [1.807, 2.05) is 13.8 Å². The number of hydrogen-bond donors (Lipinski definition) is 2. The van der Waals surface area contributed by atoms with Gasteiger partial charge in [0.1, 0.15) is 0 Å². The Bertz CT molecular complexity index is 227. The van der Waals surface area contributed by atoms with E-state index in [-0.39, 0.29) is 13.2 Å². The van der Waals surface area contributed by atoms with Crippen LogP contribution in [-0.4, -0.2) is 47.6 Å². The number of ether oxygens (including phenoxy) is 2. The number of hydrogen-bond acceptors (Lipinski definition) is 4. The van der Waals surface area contributed by atoms with Gasteiger partial charge in [-0.3, -0.25) is 0 Å². The molecule has 0 aliphatic rings. The molecule has 0 aromatic carbocycles. The maximum absolute atomic E-state index is 11.0. The molecule has 106 valence electrons. The van der Waals surface area contributed by atoms with Gasteiger partial charge in [0.25, 0.3) is 0 Å². The summed E-state index contributed by atoms with van der Waals surface area (Å²) in [4.78, 5) is 22.0. The van der Waals surface area contributed by atoms with Crippen molar-refractivity contribution in [2.75, 3.05) is 13.2 Å². The Morgan fingerprint density at radius 2 is 1.22 bits per heavy atom. The van der Waals surface area contributed by atoms with E-state index in [0.29, 0.717) is 12.8 Å². The molecule has 0 aromatic heterocycles. The van der Waals surface area contributed by atoms with Gasteiger partial charge in [0, 0.05) is 13.2 Å². The second-order valence-electron chi connectivity index (χ2n) is 3.97. The SMILES string of the molecule is CCCCOC(C(=O)O)C(OCCCC)C(=O)O. The van der Waals surface area contributed by atoms with Gasteiger partial charge in [-0.1, -0.05) is 26.7 Å². The highest BCUT2D eigenvalue weighted by atomic mass is 16.6. The van der Waals surface area contributed by atoms with E-state index in [2.05, 4.69) is 0 Å². The van der Waals surface area contributed by atoms with Crippen molar-refractivity contribution in [3.63, 3.8) is 0 Å². The molecular formula is C12H22O6. The fraction of sp³-hybridized carbons (Fsp3) is 0.833. The molecule has 6 nitrogen and oxygen atoms in total. The zero-order valence-corrected chi connectivity index (χ0v) is 10.9. The Kier molecular flexibility index (Phi) is 9.22. The van der Waals surface area contributed by atoms with E-state index in [4.69, 9.17) is 19.7 Å². The van der Waals surface area contributed by atoms with Crippen LogP contribution in [0.5, 0.6) is 0 Å². The fourth-order valence-electron chi connectivity index (χ4n) is 1.29. The van der Waals surface area contributed by atoms with Gasteiger partial charge >= 0.3 is 11.9 Å². The minimum atomic E-state index is -1.45. The minimum absolute atomic E-state index is 0.217. The van der Waals surface area contributed by atoms with Crippen LogP contribution >= 0.6 is 0 Å². The first kappa shape index (κ1) is 16.9. The number of carboxylic acid groups (broad SMARTS) is 2. The van der Waals surface area contributed by atoms with Crippen molar-refractivity contribution in [3.8, 4) is 0 Å². The highest BCUT2D eigenvalue weighted by Gasteiger charge is 2.35. The van der Waals surface area contributed by atoms with Crippen LogP contribution in [0.4, 0.5) is 0 Å². The molecule has 0 fully saturated rings. The van der Waals surface area contributed by atoms with Crippen LogP contribution < -0.4 is 0 Å². The second kappa shape index (κ2) is 9.85. The van der Waals surface area contributed by atoms with Gasteiger partial charge in [-0.25, -0.2) is 9.59 Å². The average Bonchev–Trinajstić information content (AvgIpc) is 2.31. The summed E-state index contributed by atoms with van der Waals surface area (Å²) in [6.07, 6.45) is 0.161. The standard InChI is InChI=1S/C12H22O6/c1-3-5-7-17-9(11(13)14)10(12(15)16)18-8-6-4-2/h9-10H,3-8H2,1-2H3,(H,13,14)(H,15,16). The first-order chi connectivity index (χ1) is 8.54. The lowest BCUT2D eigenvalue weighted by atomic mass is 10.2. The van der Waals surface area contributed by atoms with Gasteiger partial charge in [-0.2, -0.15) is 0 Å². The van der Waals surface area contributed by atoms with Gasteiger partial charge in [0.05, 0.1) is 0 Å². The largest absolute Gasteiger partial charge is 0.479 e. The monoisotopic (exact) mass is 262 g/mol. The summed E-state index contributed by atoms with van der Waals surface area (Å²) in [5.41, 5.74) is 0. The summed E-state index contributed by atoms with van der Waals surface area (Å²) in [7, 11) is 0. The summed E-state index contributed by atoms with van der Waals surface area (Å²) >= 11 is 0. The molecule has 0 rings (SSSR count). The molecule has 0 bridgehead atoms. The molecule has 0 spiro atoms. The van der Waals surface area contributed by atoms with E-state index in [9.17, 15) is 9.59 Å². The molecule has 0 amide bonds. The van der Waals surface area contributed by atoms with Crippen LogP contribution in [-0.2, 0) is 19.1 Å². The highest BCUT2D eigenvalue weighted by molar-refractivity contribution is 5.83. The number of carbonyl (C=O) groups is 2. The first-order valence-corrected chi connectivity index (χ1v) is 6.23. The predicted octanol–water partition coefficient (Wildman–Crippen LogP) is 1.53. The van der Waals surface area contributed by atoms with Crippen LogP contribution in [0.2, 0.25) is 0 Å². The Labute approximate surface area is 107 Å². The molecule has 0 saturated heterocycles. The predicted molar refractivity (Wildman–Crippen MR) is 64.6 cm³/mol. The van der Waals surface area contributed by atoms with Crippen LogP contribution in [0.15, 0.2) is 0 Å². The molecule has 0 aliphatic carbocycles. The Morgan fingerprint density at radius 3 is 1.44 bits per heavy atom. The molecule has 2 N–H and O–H groups in total. The molecule has 2 unspecified atom stereocenters. The van der Waals surface area contributed by atoms with Crippen molar-refractivity contribution in [3.05, 3.63) is 0 Å². The van der Waals surface area contributed by atoms with Crippen molar-refractivity contribution < 1.29 is 29.3 Å². The van der Waals surface area contributed by atoms with Gasteiger partial charge in [-0.05, 0) is 12.8 Å². The zero-order valence-electron chi connectivity index (χ0n) is 10.9. The zero-order chi connectivity index (χ0) is 14.0. The Balaban J connectivity index is 4.45. The molecule has 0 heterocycles. The minimum Gasteiger partial charge on any atom is -0.479 e. The lowest BCUT2D eigenvalue weighted by molar-refractivity contribution is -0.176. The fourth-order valence-corrected chi connectivity index (χ4v) is 1.29. The van der Waals surface area contributed by atoms with Crippen LogP contribution in [0, 0.1) is 0 Å². The van der Waals surface area contributed by atoms with Crippen molar-refractivity contribution in [1.82, 2.24) is 0 Å². The number of unbranched alkanes of at least 4 members (excludes halogenated alkanes) is 2. The average molecular weight is 262 g/mol. The van der Waals surface area contributed by atoms with Crippen LogP contribution in [0.1, 0.15) is 39.5 Å². The summed E-state index contributed by atoms with van der Waals surface area (Å²) in [5, 5.41) is 18.0. The van der Waals surface area contributed by atoms with E-state index < -0.39 is 24.1 Å². The maximum Gasteiger partial charge on any atom is 0.336 e. The van der Waals surface area contributed by atoms with Gasteiger partial charge in [-0.15, -0.1) is 0 Å². The first-order valence-electron chi connectivity index (χ1n) is 6.23. The lowest BCUT2D eigenvalue weighted by Gasteiger charge is -2.21. The Morgan fingerprint density at radius 1 is 0.889 bits per heavy atom. The summed E-state index contributed by atoms with van der Waals surface area (Å²) in [5.74, 6) is -2.62. The van der Waals surface area contributed by atoms with Gasteiger partial charge in [0.15, 0.2) is 12.2 Å². The summed E-state index contributed by atoms with van der Waals surface area (Å²) < 4.78 is 10.2. The summed E-state index contributed by atoms with van der Waals surface area (Å²) in [6.45, 7) is 4.31. The third-order valence-corrected chi connectivity index (χ3v) is 2.35. The lowest BCUT2D eigenvalue weighted by Crippen LogP contribution is -2.44. The summed E-state index contributed by atoms with van der Waals surface area (Å²) in [6, 6.07) is 0. The Hall–Kier alpha value is -1.14. The molecule has 2 atom stereocenters. The third-order valence-electron chi connectivity index (χ3n) is 2.35. The van der Waals surface area contributed by atoms with E-state index >= 15 is 0 Å². The third kappa shape index (κ3) is 6.56.